The van der Waals surface area contributed by atoms with Crippen molar-refractivity contribution in [3.63, 3.8) is 0 Å². The Kier molecular flexibility index (Phi) is 3.01. The van der Waals surface area contributed by atoms with Gasteiger partial charge in [-0.05, 0) is 12.1 Å². The average Bonchev–Trinajstić information content (AvgIpc) is 2.03. The van der Waals surface area contributed by atoms with E-state index in [-0.39, 0.29) is 0 Å². The van der Waals surface area contributed by atoms with Crippen LogP contribution in [-0.4, -0.2) is 6.29 Å². The molecule has 0 aliphatic carbocycles. The third-order valence-electron chi connectivity index (χ3n) is 1.30. The second kappa shape index (κ2) is 3.83. The molecule has 4 heteroatoms. The van der Waals surface area contributed by atoms with E-state index >= 15 is 0 Å². The highest BCUT2D eigenvalue weighted by Crippen LogP contribution is 2.31. The molecule has 1 aromatic rings. The van der Waals surface area contributed by atoms with Crippen LogP contribution >= 0.6 is 31.9 Å². The van der Waals surface area contributed by atoms with E-state index in [1.165, 1.54) is 0 Å². The summed E-state index contributed by atoms with van der Waals surface area (Å²) in [6.07, 6.45) is 0.670. The zero-order chi connectivity index (χ0) is 9.14. The standard InChI is InChI=1S/C8H3Br2NO/c1-11-8-5(4-12)2-6(9)3-7(8)10/h2-4H. The van der Waals surface area contributed by atoms with Crippen molar-refractivity contribution in [1.82, 2.24) is 0 Å². The fourth-order valence-corrected chi connectivity index (χ4v) is 2.14. The van der Waals surface area contributed by atoms with E-state index in [0.717, 1.165) is 4.47 Å². The fraction of sp³-hybridized carbons (Fsp3) is 0. The minimum Gasteiger partial charge on any atom is -0.299 e. The number of halogens is 2. The first kappa shape index (κ1) is 9.43. The molecule has 0 radical (unpaired) electrons. The lowest BCUT2D eigenvalue weighted by Crippen LogP contribution is -1.81. The highest BCUT2D eigenvalue weighted by molar-refractivity contribution is 9.11. The smallest absolute Gasteiger partial charge is 0.211 e. The third-order valence-corrected chi connectivity index (χ3v) is 2.36. The van der Waals surface area contributed by atoms with Gasteiger partial charge in [0.25, 0.3) is 0 Å². The number of aldehydes is 1. The minimum atomic E-state index is 0.355. The van der Waals surface area contributed by atoms with Crippen LogP contribution in [0.4, 0.5) is 5.69 Å². The number of hydrogen-bond acceptors (Lipinski definition) is 1. The summed E-state index contributed by atoms with van der Waals surface area (Å²) in [6.45, 7) is 6.82. The maximum atomic E-state index is 10.5. The van der Waals surface area contributed by atoms with Crippen molar-refractivity contribution >= 4 is 43.8 Å². The fourth-order valence-electron chi connectivity index (χ4n) is 0.794. The van der Waals surface area contributed by atoms with Gasteiger partial charge >= 0.3 is 0 Å². The van der Waals surface area contributed by atoms with Crippen molar-refractivity contribution < 1.29 is 4.79 Å². The molecule has 0 fully saturated rings. The van der Waals surface area contributed by atoms with E-state index in [1.54, 1.807) is 12.1 Å². The summed E-state index contributed by atoms with van der Waals surface area (Å²) in [4.78, 5) is 13.7. The minimum absolute atomic E-state index is 0.355. The van der Waals surface area contributed by atoms with Gasteiger partial charge in [0.15, 0.2) is 0 Å². The molecule has 0 aliphatic heterocycles. The van der Waals surface area contributed by atoms with Gasteiger partial charge in [0.2, 0.25) is 5.69 Å². The van der Waals surface area contributed by atoms with E-state index in [9.17, 15) is 4.79 Å². The van der Waals surface area contributed by atoms with E-state index < -0.39 is 0 Å². The van der Waals surface area contributed by atoms with Crippen molar-refractivity contribution in [3.8, 4) is 0 Å². The topological polar surface area (TPSA) is 21.4 Å². The Morgan fingerprint density at radius 3 is 2.58 bits per heavy atom. The molecule has 0 unspecified atom stereocenters. The van der Waals surface area contributed by atoms with Crippen LogP contribution < -0.4 is 0 Å². The van der Waals surface area contributed by atoms with Gasteiger partial charge in [-0.2, -0.15) is 0 Å². The van der Waals surface area contributed by atoms with Crippen molar-refractivity contribution in [3.05, 3.63) is 38.1 Å². The van der Waals surface area contributed by atoms with Gasteiger partial charge in [0.1, 0.15) is 6.29 Å². The predicted octanol–water partition coefficient (Wildman–Crippen LogP) is 3.57. The largest absolute Gasteiger partial charge is 0.299 e. The molecular weight excluding hydrogens is 286 g/mol. The molecule has 0 saturated carbocycles. The molecule has 0 atom stereocenters. The first-order chi connectivity index (χ1) is 5.69. The first-order valence-electron chi connectivity index (χ1n) is 3.00. The summed E-state index contributed by atoms with van der Waals surface area (Å²) in [5.74, 6) is 0. The summed E-state index contributed by atoms with van der Waals surface area (Å²) in [6, 6.07) is 3.35. The molecule has 2 nitrogen and oxygen atoms in total. The van der Waals surface area contributed by atoms with Crippen molar-refractivity contribution in [2.45, 2.75) is 0 Å². The lowest BCUT2D eigenvalue weighted by Gasteiger charge is -1.99. The predicted molar refractivity (Wildman–Crippen MR) is 53.5 cm³/mol. The van der Waals surface area contributed by atoms with E-state index in [2.05, 4.69) is 36.7 Å². The number of carbonyl (C=O) groups excluding carboxylic acids is 1. The molecule has 0 saturated heterocycles. The maximum Gasteiger partial charge on any atom is 0.211 e. The summed E-state index contributed by atoms with van der Waals surface area (Å²) in [7, 11) is 0. The lowest BCUT2D eigenvalue weighted by atomic mass is 10.2. The Bertz CT molecular complexity index is 368. The van der Waals surface area contributed by atoms with Crippen LogP contribution in [0.3, 0.4) is 0 Å². The van der Waals surface area contributed by atoms with Gasteiger partial charge in [-0.3, -0.25) is 4.79 Å². The maximum absolute atomic E-state index is 10.5. The van der Waals surface area contributed by atoms with Crippen LogP contribution in [0.2, 0.25) is 0 Å². The van der Waals surface area contributed by atoms with Gasteiger partial charge in [-0.1, -0.05) is 31.9 Å². The second-order valence-corrected chi connectivity index (χ2v) is 3.83. The molecule has 0 bridgehead atoms. The summed E-state index contributed by atoms with van der Waals surface area (Å²) in [5, 5.41) is 0. The Labute approximate surface area is 86.7 Å². The molecule has 1 rings (SSSR count). The van der Waals surface area contributed by atoms with E-state index in [0.29, 0.717) is 22.0 Å². The van der Waals surface area contributed by atoms with Gasteiger partial charge in [0.05, 0.1) is 6.57 Å². The molecule has 1 aromatic carbocycles. The SMILES string of the molecule is [C-]#[N+]c1c(Br)cc(Br)cc1C=O. The average molecular weight is 289 g/mol. The van der Waals surface area contributed by atoms with Crippen LogP contribution in [0.25, 0.3) is 4.85 Å². The highest BCUT2D eigenvalue weighted by atomic mass is 79.9. The van der Waals surface area contributed by atoms with Crippen LogP contribution in [0.15, 0.2) is 21.1 Å². The molecule has 60 valence electrons. The molecule has 0 N–H and O–H groups in total. The molecule has 0 spiro atoms. The van der Waals surface area contributed by atoms with Gasteiger partial charge in [-0.15, -0.1) is 0 Å². The zero-order valence-corrected chi connectivity index (χ0v) is 9.02. The van der Waals surface area contributed by atoms with Crippen LogP contribution in [0.5, 0.6) is 0 Å². The number of rotatable bonds is 1. The van der Waals surface area contributed by atoms with Gasteiger partial charge in [0, 0.05) is 14.5 Å². The van der Waals surface area contributed by atoms with Crippen LogP contribution in [-0.2, 0) is 0 Å². The first-order valence-corrected chi connectivity index (χ1v) is 4.59. The Morgan fingerprint density at radius 1 is 1.42 bits per heavy atom. The normalized spacial score (nSPS) is 9.08. The van der Waals surface area contributed by atoms with Gasteiger partial charge < -0.3 is 0 Å². The van der Waals surface area contributed by atoms with Crippen molar-refractivity contribution in [2.75, 3.05) is 0 Å². The van der Waals surface area contributed by atoms with Crippen LogP contribution in [0, 0.1) is 6.57 Å². The number of hydrogen-bond donors (Lipinski definition) is 0. The molecule has 0 heterocycles. The monoisotopic (exact) mass is 287 g/mol. The Hall–Kier alpha value is -0.660. The molecule has 0 aliphatic rings. The molecule has 0 aromatic heterocycles. The van der Waals surface area contributed by atoms with Crippen LogP contribution in [0.1, 0.15) is 10.4 Å². The summed E-state index contributed by atoms with van der Waals surface area (Å²) >= 11 is 6.42. The number of nitrogens with zero attached hydrogens (tertiary/aromatic N) is 1. The zero-order valence-electron chi connectivity index (χ0n) is 5.84. The van der Waals surface area contributed by atoms with E-state index in [1.807, 2.05) is 0 Å². The van der Waals surface area contributed by atoms with Crippen molar-refractivity contribution in [2.24, 2.45) is 0 Å². The third kappa shape index (κ3) is 1.74. The number of carbonyl (C=O) groups is 1. The number of benzene rings is 1. The highest BCUT2D eigenvalue weighted by Gasteiger charge is 2.06. The molecular formula is C8H3Br2NO. The van der Waals surface area contributed by atoms with Gasteiger partial charge in [-0.25, -0.2) is 4.85 Å². The summed E-state index contributed by atoms with van der Waals surface area (Å²) < 4.78 is 1.41. The van der Waals surface area contributed by atoms with Crippen molar-refractivity contribution in [1.29, 1.82) is 0 Å². The lowest BCUT2D eigenvalue weighted by molar-refractivity contribution is 0.112. The Morgan fingerprint density at radius 2 is 2.08 bits per heavy atom. The second-order valence-electron chi connectivity index (χ2n) is 2.06. The summed E-state index contributed by atoms with van der Waals surface area (Å²) in [5.41, 5.74) is 0.749. The van der Waals surface area contributed by atoms with E-state index in [4.69, 9.17) is 6.57 Å². The molecule has 0 amide bonds. The molecule has 12 heavy (non-hydrogen) atoms. The quantitative estimate of drug-likeness (QED) is 0.572. The Balaban J connectivity index is 3.46.